The van der Waals surface area contributed by atoms with Gasteiger partial charge in [0.05, 0.1) is 4.90 Å². The zero-order chi connectivity index (χ0) is 17.3. The predicted octanol–water partition coefficient (Wildman–Crippen LogP) is 0.0484. The van der Waals surface area contributed by atoms with Gasteiger partial charge in [-0.15, -0.1) is 0 Å². The molecule has 3 N–H and O–H groups in total. The average Bonchev–Trinajstić information content (AvgIpc) is 2.54. The Morgan fingerprint density at radius 1 is 0.960 bits per heavy atom. The maximum Gasteiger partial charge on any atom is 1.00 e. The summed E-state index contributed by atoms with van der Waals surface area (Å²) in [5.74, 6) is -0.592. The van der Waals surface area contributed by atoms with Crippen LogP contribution >= 0.6 is 0 Å². The van der Waals surface area contributed by atoms with Crippen molar-refractivity contribution in [3.8, 4) is 5.75 Å². The second-order valence-corrected chi connectivity index (χ2v) is 6.60. The Bertz CT molecular complexity index is 1040. The molecule has 0 spiro atoms. The third kappa shape index (κ3) is 4.39. The molecule has 0 unspecified atom stereocenters. The van der Waals surface area contributed by atoms with Crippen molar-refractivity contribution in [3.05, 3.63) is 66.2 Å². The number of rotatable bonds is 3. The summed E-state index contributed by atoms with van der Waals surface area (Å²) in [6, 6.07) is 15.5. The predicted molar refractivity (Wildman–Crippen MR) is 89.8 cm³/mol. The van der Waals surface area contributed by atoms with E-state index in [2.05, 4.69) is 5.32 Å². The summed E-state index contributed by atoms with van der Waals surface area (Å²) in [4.78, 5) is 11.7. The van der Waals surface area contributed by atoms with Crippen LogP contribution in [0.5, 0.6) is 5.75 Å². The maximum absolute atomic E-state index is 12.1. The molecule has 0 saturated carbocycles. The van der Waals surface area contributed by atoms with Gasteiger partial charge in [0, 0.05) is 22.7 Å². The first-order chi connectivity index (χ1) is 11.3. The third-order valence-corrected chi connectivity index (χ3v) is 4.33. The fraction of sp³-hybridized carbons (Fsp3) is 0. The Morgan fingerprint density at radius 2 is 1.64 bits per heavy atom. The third-order valence-electron chi connectivity index (χ3n) is 3.50. The van der Waals surface area contributed by atoms with Gasteiger partial charge in [0.2, 0.25) is 0 Å². The number of carbonyl (C=O) groups excluding carboxylic acids is 1. The van der Waals surface area contributed by atoms with Gasteiger partial charge in [-0.1, -0.05) is 18.2 Å². The van der Waals surface area contributed by atoms with Crippen molar-refractivity contribution < 1.29 is 52.4 Å². The van der Waals surface area contributed by atoms with Gasteiger partial charge in [-0.2, -0.15) is 8.42 Å². The Hall–Kier alpha value is -1.90. The van der Waals surface area contributed by atoms with Gasteiger partial charge >= 0.3 is 29.6 Å². The molecule has 122 valence electrons. The largest absolute Gasteiger partial charge is 1.00 e. The van der Waals surface area contributed by atoms with Gasteiger partial charge < -0.3 is 10.4 Å². The number of benzene rings is 3. The van der Waals surface area contributed by atoms with Crippen LogP contribution in [0, 0.1) is 0 Å². The van der Waals surface area contributed by atoms with E-state index in [1.807, 2.05) is 0 Å². The molecule has 6 nitrogen and oxygen atoms in total. The molecule has 0 atom stereocenters. The Kier molecular flexibility index (Phi) is 5.87. The van der Waals surface area contributed by atoms with E-state index >= 15 is 0 Å². The van der Waals surface area contributed by atoms with E-state index in [4.69, 9.17) is 4.55 Å². The van der Waals surface area contributed by atoms with Crippen molar-refractivity contribution in [3.63, 3.8) is 0 Å². The number of hydrogen-bond donors (Lipinski definition) is 3. The van der Waals surface area contributed by atoms with Crippen molar-refractivity contribution in [1.29, 1.82) is 0 Å². The molecule has 0 bridgehead atoms. The van der Waals surface area contributed by atoms with Crippen LogP contribution in [0.25, 0.3) is 10.8 Å². The minimum Gasteiger partial charge on any atom is -0.507 e. The SMILES string of the molecule is O=C(Nc1ccc2c(O)cc(S(=O)(=O)O)cc2c1)c1ccccc1.[Na+]. The quantitative estimate of drug-likeness (QED) is 0.449. The first-order valence-electron chi connectivity index (χ1n) is 6.95. The van der Waals surface area contributed by atoms with E-state index in [9.17, 15) is 18.3 Å². The number of aromatic hydroxyl groups is 1. The van der Waals surface area contributed by atoms with E-state index in [1.54, 1.807) is 42.5 Å². The molecule has 0 radical (unpaired) electrons. The summed E-state index contributed by atoms with van der Waals surface area (Å²) >= 11 is 0. The van der Waals surface area contributed by atoms with Crippen LogP contribution in [0.1, 0.15) is 10.4 Å². The van der Waals surface area contributed by atoms with Gasteiger partial charge in [-0.25, -0.2) is 0 Å². The molecule has 1 amide bonds. The van der Waals surface area contributed by atoms with E-state index in [-0.39, 0.29) is 41.2 Å². The van der Waals surface area contributed by atoms with Crippen LogP contribution < -0.4 is 34.9 Å². The average molecular weight is 366 g/mol. The Balaban J connectivity index is 0.00000225. The van der Waals surface area contributed by atoms with Gasteiger partial charge in [0.1, 0.15) is 5.75 Å². The molecule has 25 heavy (non-hydrogen) atoms. The van der Waals surface area contributed by atoms with Crippen LogP contribution in [0.15, 0.2) is 65.6 Å². The molecular weight excluding hydrogens is 353 g/mol. The second-order valence-electron chi connectivity index (χ2n) is 5.17. The number of amides is 1. The van der Waals surface area contributed by atoms with Crippen LogP contribution in [-0.4, -0.2) is 24.0 Å². The molecule has 3 aromatic rings. The molecule has 8 heteroatoms. The fourth-order valence-corrected chi connectivity index (χ4v) is 2.88. The number of fused-ring (bicyclic) bond motifs is 1. The monoisotopic (exact) mass is 366 g/mol. The topological polar surface area (TPSA) is 104 Å². The molecule has 0 aliphatic rings. The van der Waals surface area contributed by atoms with Crippen LogP contribution in [0.4, 0.5) is 5.69 Å². The standard InChI is InChI=1S/C17H13NO5S.Na/c19-16-10-14(24(21,22)23)9-12-8-13(6-7-15(12)16)18-17(20)11-4-2-1-3-5-11;/h1-10,19H,(H,18,20)(H,21,22,23);/q;+1. The summed E-state index contributed by atoms with van der Waals surface area (Å²) < 4.78 is 31.6. The molecule has 0 heterocycles. The zero-order valence-corrected chi connectivity index (χ0v) is 16.1. The molecule has 3 rings (SSSR count). The van der Waals surface area contributed by atoms with Gasteiger partial charge in [0.25, 0.3) is 16.0 Å². The van der Waals surface area contributed by atoms with Crippen molar-refractivity contribution in [1.82, 2.24) is 0 Å². The van der Waals surface area contributed by atoms with Crippen molar-refractivity contribution in [2.75, 3.05) is 5.32 Å². The fourth-order valence-electron chi connectivity index (χ4n) is 2.34. The van der Waals surface area contributed by atoms with E-state index < -0.39 is 15.0 Å². The maximum atomic E-state index is 12.1. The summed E-state index contributed by atoms with van der Waals surface area (Å²) in [6.07, 6.45) is 0. The Labute approximate surface area is 166 Å². The molecule has 0 aromatic heterocycles. The van der Waals surface area contributed by atoms with Crippen molar-refractivity contribution in [2.24, 2.45) is 0 Å². The zero-order valence-electron chi connectivity index (χ0n) is 13.3. The first-order valence-corrected chi connectivity index (χ1v) is 8.39. The number of phenols is 1. The van der Waals surface area contributed by atoms with Crippen LogP contribution in [0.3, 0.4) is 0 Å². The summed E-state index contributed by atoms with van der Waals surface area (Å²) in [5, 5.41) is 13.4. The molecule has 0 fully saturated rings. The van der Waals surface area contributed by atoms with Crippen LogP contribution in [0.2, 0.25) is 0 Å². The summed E-state index contributed by atoms with van der Waals surface area (Å²) in [5.41, 5.74) is 0.912. The smallest absolute Gasteiger partial charge is 0.507 e. The number of phenolic OH excluding ortho intramolecular Hbond substituents is 1. The number of anilines is 1. The number of hydrogen-bond acceptors (Lipinski definition) is 4. The van der Waals surface area contributed by atoms with E-state index in [1.165, 1.54) is 12.1 Å². The number of carbonyl (C=O) groups is 1. The molecule has 0 saturated heterocycles. The van der Waals surface area contributed by atoms with Gasteiger partial charge in [-0.05, 0) is 41.8 Å². The first kappa shape index (κ1) is 19.4. The number of nitrogens with one attached hydrogen (secondary N) is 1. The van der Waals surface area contributed by atoms with Crippen molar-refractivity contribution >= 4 is 32.5 Å². The normalized spacial score (nSPS) is 10.9. The molecule has 0 aliphatic carbocycles. The summed E-state index contributed by atoms with van der Waals surface area (Å²) in [6.45, 7) is 0. The van der Waals surface area contributed by atoms with Gasteiger partial charge in [-0.3, -0.25) is 9.35 Å². The minimum absolute atomic E-state index is 0. The molecule has 0 aliphatic heterocycles. The van der Waals surface area contributed by atoms with Gasteiger partial charge in [0.15, 0.2) is 0 Å². The summed E-state index contributed by atoms with van der Waals surface area (Å²) in [7, 11) is -4.44. The van der Waals surface area contributed by atoms with E-state index in [0.29, 0.717) is 22.0 Å². The van der Waals surface area contributed by atoms with E-state index in [0.717, 1.165) is 6.07 Å². The molecular formula is C17H13NNaO5S+. The minimum atomic E-state index is -4.44. The second kappa shape index (κ2) is 7.55. The Morgan fingerprint density at radius 3 is 2.28 bits per heavy atom. The van der Waals surface area contributed by atoms with Crippen LogP contribution in [-0.2, 0) is 10.1 Å². The van der Waals surface area contributed by atoms with Crippen molar-refractivity contribution in [2.45, 2.75) is 4.90 Å². The molecule has 3 aromatic carbocycles.